The largest absolute Gasteiger partial charge is 1.00 e. The molecule has 0 unspecified atom stereocenters. The van der Waals surface area contributed by atoms with Gasteiger partial charge >= 0.3 is 19.8 Å². The molecule has 0 fully saturated rings. The quantitative estimate of drug-likeness (QED) is 0.125. The van der Waals surface area contributed by atoms with Crippen molar-refractivity contribution in [3.63, 3.8) is 0 Å². The summed E-state index contributed by atoms with van der Waals surface area (Å²) in [6.07, 6.45) is 10.7. The Bertz CT molecular complexity index is 1620. The Labute approximate surface area is 279 Å². The van der Waals surface area contributed by atoms with E-state index in [9.17, 15) is 0 Å². The fraction of sp³-hybridized carbons (Fsp3) is 0.132. The van der Waals surface area contributed by atoms with Crippen molar-refractivity contribution in [2.45, 2.75) is 27.7 Å². The Morgan fingerprint density at radius 1 is 0.578 bits per heavy atom. The van der Waals surface area contributed by atoms with Gasteiger partial charge in [0.1, 0.15) is 12.4 Å². The Balaban J connectivity index is 0.000000183. The molecule has 0 N–H and O–H groups in total. The molecule has 0 saturated heterocycles. The molecule has 6 rings (SSSR count). The third-order valence-electron chi connectivity index (χ3n) is 6.27. The molecule has 7 heteroatoms. The SMILES string of the molecule is C=CCOc1ccnc(-c2[c-]cccc2)c1.Cc1ccnc(-c2cc(C)ccn2)c1.Cc1ccnc(-c2cc(C)ccn2)c1.[Os+]. The minimum Gasteiger partial charge on any atom is -0.490 e. The van der Waals surface area contributed by atoms with Crippen molar-refractivity contribution in [2.75, 3.05) is 6.61 Å². The van der Waals surface area contributed by atoms with Crippen LogP contribution >= 0.6 is 0 Å². The average Bonchev–Trinajstić information content (AvgIpc) is 3.05. The van der Waals surface area contributed by atoms with Crippen LogP contribution in [0.1, 0.15) is 22.3 Å². The van der Waals surface area contributed by atoms with Crippen LogP contribution in [-0.4, -0.2) is 31.5 Å². The Hall–Kier alpha value is -4.85. The monoisotopic (exact) mass is 770 g/mol. The van der Waals surface area contributed by atoms with Crippen LogP contribution in [0.2, 0.25) is 0 Å². The van der Waals surface area contributed by atoms with Gasteiger partial charge in [0.05, 0.1) is 22.8 Å². The van der Waals surface area contributed by atoms with E-state index in [1.54, 1.807) is 12.3 Å². The summed E-state index contributed by atoms with van der Waals surface area (Å²) in [6, 6.07) is 30.7. The summed E-state index contributed by atoms with van der Waals surface area (Å²) in [7, 11) is 0. The molecule has 6 aromatic rings. The molecule has 5 heterocycles. The maximum atomic E-state index is 5.45. The predicted octanol–water partition coefficient (Wildman–Crippen LogP) is 8.63. The fourth-order valence-corrected chi connectivity index (χ4v) is 4.06. The van der Waals surface area contributed by atoms with Gasteiger partial charge in [-0.2, -0.15) is 0 Å². The van der Waals surface area contributed by atoms with Gasteiger partial charge in [-0.15, -0.1) is 35.9 Å². The summed E-state index contributed by atoms with van der Waals surface area (Å²) in [4.78, 5) is 21.4. The van der Waals surface area contributed by atoms with Crippen LogP contribution in [0.5, 0.6) is 5.75 Å². The molecular weight excluding hydrogens is 733 g/mol. The topological polar surface area (TPSA) is 73.7 Å². The number of hydrogen-bond acceptors (Lipinski definition) is 6. The van der Waals surface area contributed by atoms with Gasteiger partial charge in [-0.3, -0.25) is 19.9 Å². The van der Waals surface area contributed by atoms with Crippen LogP contribution in [0.15, 0.2) is 129 Å². The van der Waals surface area contributed by atoms with Gasteiger partial charge in [0.25, 0.3) is 0 Å². The first-order valence-corrected chi connectivity index (χ1v) is 14.3. The number of aromatic nitrogens is 5. The third-order valence-corrected chi connectivity index (χ3v) is 6.27. The van der Waals surface area contributed by atoms with E-state index in [-0.39, 0.29) is 19.8 Å². The van der Waals surface area contributed by atoms with E-state index < -0.39 is 0 Å². The third kappa shape index (κ3) is 11.3. The van der Waals surface area contributed by atoms with Gasteiger partial charge in [-0.05, 0) is 116 Å². The van der Waals surface area contributed by atoms with Crippen LogP contribution in [0.4, 0.5) is 0 Å². The molecule has 0 bridgehead atoms. The number of hydrogen-bond donors (Lipinski definition) is 0. The van der Waals surface area contributed by atoms with Crippen molar-refractivity contribution >= 4 is 0 Å². The van der Waals surface area contributed by atoms with Crippen molar-refractivity contribution in [3.8, 4) is 39.8 Å². The van der Waals surface area contributed by atoms with E-state index in [4.69, 9.17) is 4.74 Å². The zero-order valence-electron chi connectivity index (χ0n) is 26.0. The Morgan fingerprint density at radius 3 is 1.38 bits per heavy atom. The molecule has 6 nitrogen and oxygen atoms in total. The Kier molecular flexibility index (Phi) is 13.9. The van der Waals surface area contributed by atoms with Crippen molar-refractivity contribution in [1.29, 1.82) is 0 Å². The minimum atomic E-state index is 0. The second kappa shape index (κ2) is 18.1. The van der Waals surface area contributed by atoms with Crippen LogP contribution < -0.4 is 4.74 Å². The maximum absolute atomic E-state index is 5.45. The molecule has 0 aliphatic rings. The van der Waals surface area contributed by atoms with Gasteiger partial charge < -0.3 is 9.72 Å². The van der Waals surface area contributed by atoms with Crippen molar-refractivity contribution in [1.82, 2.24) is 24.9 Å². The smallest absolute Gasteiger partial charge is 0.490 e. The average molecular weight is 769 g/mol. The van der Waals surface area contributed by atoms with Crippen LogP contribution in [0, 0.1) is 33.8 Å². The Morgan fingerprint density at radius 2 is 1.00 bits per heavy atom. The molecule has 5 aromatic heterocycles. The molecule has 45 heavy (non-hydrogen) atoms. The zero-order chi connectivity index (χ0) is 31.1. The van der Waals surface area contributed by atoms with Crippen molar-refractivity contribution in [2.24, 2.45) is 0 Å². The van der Waals surface area contributed by atoms with Crippen molar-refractivity contribution < 1.29 is 24.5 Å². The number of nitrogens with zero attached hydrogens (tertiary/aromatic N) is 5. The van der Waals surface area contributed by atoms with Gasteiger partial charge in [0, 0.05) is 31.0 Å². The molecule has 0 amide bonds. The zero-order valence-corrected chi connectivity index (χ0v) is 28.5. The summed E-state index contributed by atoms with van der Waals surface area (Å²) >= 11 is 0. The molecule has 1 radical (unpaired) electrons. The summed E-state index contributed by atoms with van der Waals surface area (Å²) in [5.41, 5.74) is 10.4. The first-order valence-electron chi connectivity index (χ1n) is 14.3. The number of aryl methyl sites for hydroxylation is 4. The van der Waals surface area contributed by atoms with E-state index in [2.05, 4.69) is 65.3 Å². The number of ether oxygens (including phenoxy) is 1. The molecule has 0 spiro atoms. The number of benzene rings is 1. The molecule has 0 aliphatic heterocycles. The van der Waals surface area contributed by atoms with Gasteiger partial charge in [0.15, 0.2) is 0 Å². The van der Waals surface area contributed by atoms with Crippen LogP contribution in [0.25, 0.3) is 34.0 Å². The van der Waals surface area contributed by atoms with E-state index in [0.29, 0.717) is 6.61 Å². The van der Waals surface area contributed by atoms with E-state index in [0.717, 1.165) is 39.8 Å². The van der Waals surface area contributed by atoms with Crippen LogP contribution in [-0.2, 0) is 19.8 Å². The fourth-order valence-electron chi connectivity index (χ4n) is 4.06. The second-order valence-corrected chi connectivity index (χ2v) is 10.1. The van der Waals surface area contributed by atoms with E-state index >= 15 is 0 Å². The standard InChI is InChI=1S/C14H12NO.2C12H12N2.Os/c1-2-10-16-13-8-9-15-14(11-13)12-6-4-3-5-7-12;2*1-9-3-5-13-11(7-9)12-8-10(2)4-6-14-12;/h2-6,8-9,11H,1,10H2;2*3-8H,1-2H3;/q-1;;;+1. The number of pyridine rings is 5. The summed E-state index contributed by atoms with van der Waals surface area (Å²) in [6.45, 7) is 12.3. The molecule has 0 saturated carbocycles. The predicted molar refractivity (Wildman–Crippen MR) is 178 cm³/mol. The first-order chi connectivity index (χ1) is 21.4. The van der Waals surface area contributed by atoms with Crippen molar-refractivity contribution in [3.05, 3.63) is 157 Å². The molecule has 0 aliphatic carbocycles. The van der Waals surface area contributed by atoms with Gasteiger partial charge in [0.2, 0.25) is 0 Å². The second-order valence-electron chi connectivity index (χ2n) is 10.1. The van der Waals surface area contributed by atoms with E-state index in [1.807, 2.05) is 110 Å². The molecule has 1 aromatic carbocycles. The molecule has 0 atom stereocenters. The van der Waals surface area contributed by atoms with Gasteiger partial charge in [-0.25, -0.2) is 0 Å². The maximum Gasteiger partial charge on any atom is 1.00 e. The minimum absolute atomic E-state index is 0. The summed E-state index contributed by atoms with van der Waals surface area (Å²) in [5.74, 6) is 0.794. The first kappa shape index (κ1) is 34.6. The summed E-state index contributed by atoms with van der Waals surface area (Å²) in [5, 5.41) is 0. The number of rotatable bonds is 6. The van der Waals surface area contributed by atoms with Crippen LogP contribution in [0.3, 0.4) is 0 Å². The molecule has 227 valence electrons. The van der Waals surface area contributed by atoms with E-state index in [1.165, 1.54) is 22.3 Å². The normalized spacial score (nSPS) is 9.78. The van der Waals surface area contributed by atoms with Gasteiger partial charge in [-0.1, -0.05) is 12.7 Å². The summed E-state index contributed by atoms with van der Waals surface area (Å²) < 4.78 is 5.45. The molecular formula is C38H36N5OOs.